The highest BCUT2D eigenvalue weighted by molar-refractivity contribution is 7.88. The minimum absolute atomic E-state index is 0.194. The molecule has 1 N–H and O–H groups in total. The monoisotopic (exact) mass is 481 g/mol. The normalized spacial score (nSPS) is 17.0. The zero-order valence-corrected chi connectivity index (χ0v) is 20.2. The lowest BCUT2D eigenvalue weighted by atomic mass is 9.99. The van der Waals surface area contributed by atoms with E-state index in [0.717, 1.165) is 16.7 Å². The maximum Gasteiger partial charge on any atom is 0.346 e. The summed E-state index contributed by atoms with van der Waals surface area (Å²) >= 11 is 0. The number of rotatable bonds is 9. The molecule has 12 heteroatoms. The van der Waals surface area contributed by atoms with E-state index in [1.54, 1.807) is 27.3 Å². The van der Waals surface area contributed by atoms with Crippen LogP contribution in [-0.2, 0) is 34.8 Å². The van der Waals surface area contributed by atoms with Gasteiger partial charge >= 0.3 is 5.69 Å². The van der Waals surface area contributed by atoms with Crippen LogP contribution in [0.15, 0.2) is 23.0 Å². The number of aromatic nitrogens is 3. The van der Waals surface area contributed by atoms with Gasteiger partial charge in [-0.15, -0.1) is 0 Å². The van der Waals surface area contributed by atoms with E-state index in [0.29, 0.717) is 43.3 Å². The minimum atomic E-state index is -3.31. The molecule has 11 nitrogen and oxygen atoms in total. The van der Waals surface area contributed by atoms with Gasteiger partial charge in [0.2, 0.25) is 15.9 Å². The molecule has 2 heterocycles. The van der Waals surface area contributed by atoms with Gasteiger partial charge in [0.15, 0.2) is 11.5 Å². The van der Waals surface area contributed by atoms with Gasteiger partial charge in [0.05, 0.1) is 20.5 Å². The van der Waals surface area contributed by atoms with Crippen molar-refractivity contribution in [2.45, 2.75) is 31.7 Å². The Labute approximate surface area is 193 Å². The predicted octanol–water partition coefficient (Wildman–Crippen LogP) is 0.0969. The average Bonchev–Trinajstić information content (AvgIpc) is 3.07. The number of piperidine rings is 1. The SMILES string of the molecule is COc1ccc(CCNC(=O)Cn2nc(C3CCCN(S(C)(=O)=O)C3)n(C)c2=O)cc1OC. The molecule has 0 bridgehead atoms. The highest BCUT2D eigenvalue weighted by Gasteiger charge is 2.30. The van der Waals surface area contributed by atoms with Gasteiger partial charge in [-0.1, -0.05) is 6.07 Å². The number of nitrogens with zero attached hydrogens (tertiary/aromatic N) is 4. The summed E-state index contributed by atoms with van der Waals surface area (Å²) in [5.41, 5.74) is 0.564. The van der Waals surface area contributed by atoms with E-state index in [1.807, 2.05) is 12.1 Å². The van der Waals surface area contributed by atoms with E-state index in [4.69, 9.17) is 9.47 Å². The Balaban J connectivity index is 1.60. The Bertz CT molecular complexity index is 1160. The molecule has 0 saturated carbocycles. The molecular weight excluding hydrogens is 450 g/mol. The molecule has 1 aliphatic rings. The second-order valence-corrected chi connectivity index (χ2v) is 10.1. The quantitative estimate of drug-likeness (QED) is 0.538. The molecule has 182 valence electrons. The third-order valence-corrected chi connectivity index (χ3v) is 7.04. The van der Waals surface area contributed by atoms with Crippen molar-refractivity contribution in [2.75, 3.05) is 40.1 Å². The lowest BCUT2D eigenvalue weighted by Crippen LogP contribution is -2.39. The summed E-state index contributed by atoms with van der Waals surface area (Å²) in [7, 11) is 1.41. The molecule has 1 atom stereocenters. The zero-order valence-electron chi connectivity index (χ0n) is 19.4. The Morgan fingerprint density at radius 3 is 2.64 bits per heavy atom. The number of nitrogens with one attached hydrogen (secondary N) is 1. The summed E-state index contributed by atoms with van der Waals surface area (Å²) in [5, 5.41) is 7.15. The maximum absolute atomic E-state index is 12.6. The maximum atomic E-state index is 12.6. The van der Waals surface area contributed by atoms with Crippen molar-refractivity contribution in [1.82, 2.24) is 24.0 Å². The van der Waals surface area contributed by atoms with Crippen LogP contribution in [0.2, 0.25) is 0 Å². The van der Waals surface area contributed by atoms with Gasteiger partial charge in [-0.05, 0) is 37.0 Å². The highest BCUT2D eigenvalue weighted by atomic mass is 32.2. The largest absolute Gasteiger partial charge is 0.493 e. The third kappa shape index (κ3) is 5.93. The molecule has 0 radical (unpaired) electrons. The van der Waals surface area contributed by atoms with E-state index >= 15 is 0 Å². The minimum Gasteiger partial charge on any atom is -0.493 e. The van der Waals surface area contributed by atoms with Gasteiger partial charge in [0.25, 0.3) is 0 Å². The number of carbonyl (C=O) groups excluding carboxylic acids is 1. The van der Waals surface area contributed by atoms with Crippen LogP contribution < -0.4 is 20.5 Å². The van der Waals surface area contributed by atoms with Crippen molar-refractivity contribution in [3.63, 3.8) is 0 Å². The molecule has 3 rings (SSSR count). The van der Waals surface area contributed by atoms with Gasteiger partial charge in [-0.25, -0.2) is 22.2 Å². The second kappa shape index (κ2) is 10.4. The molecule has 2 aromatic rings. The van der Waals surface area contributed by atoms with Crippen molar-refractivity contribution < 1.29 is 22.7 Å². The predicted molar refractivity (Wildman–Crippen MR) is 122 cm³/mol. The number of sulfonamides is 1. The highest BCUT2D eigenvalue weighted by Crippen LogP contribution is 2.28. The van der Waals surface area contributed by atoms with Crippen molar-refractivity contribution in [2.24, 2.45) is 7.05 Å². The molecule has 1 saturated heterocycles. The topological polar surface area (TPSA) is 125 Å². The number of hydrogen-bond donors (Lipinski definition) is 1. The Morgan fingerprint density at radius 1 is 1.24 bits per heavy atom. The Kier molecular flexibility index (Phi) is 7.80. The number of hydrogen-bond acceptors (Lipinski definition) is 7. The van der Waals surface area contributed by atoms with Crippen LogP contribution in [0, 0.1) is 0 Å². The molecule has 0 spiro atoms. The van der Waals surface area contributed by atoms with Crippen LogP contribution in [-0.4, -0.2) is 73.1 Å². The van der Waals surface area contributed by atoms with Crippen molar-refractivity contribution in [1.29, 1.82) is 0 Å². The second-order valence-electron chi connectivity index (χ2n) is 8.11. The molecule has 1 aromatic carbocycles. The molecule has 0 aliphatic carbocycles. The van der Waals surface area contributed by atoms with E-state index in [2.05, 4.69) is 10.4 Å². The van der Waals surface area contributed by atoms with Crippen LogP contribution in [0.5, 0.6) is 11.5 Å². The molecule has 1 aliphatic heterocycles. The van der Waals surface area contributed by atoms with Crippen molar-refractivity contribution >= 4 is 15.9 Å². The van der Waals surface area contributed by atoms with Crippen LogP contribution in [0.25, 0.3) is 0 Å². The first-order chi connectivity index (χ1) is 15.6. The van der Waals surface area contributed by atoms with Crippen LogP contribution in [0.3, 0.4) is 0 Å². The van der Waals surface area contributed by atoms with Crippen LogP contribution >= 0.6 is 0 Å². The van der Waals surface area contributed by atoms with Crippen molar-refractivity contribution in [3.05, 3.63) is 40.1 Å². The van der Waals surface area contributed by atoms with Gasteiger partial charge in [-0.3, -0.25) is 9.36 Å². The number of ether oxygens (including phenoxy) is 2. The summed E-state index contributed by atoms with van der Waals surface area (Å²) in [4.78, 5) is 25.0. The standard InChI is InChI=1S/C21H31N5O6S/c1-24-20(16-6-5-11-25(13-16)33(4,29)30)23-26(21(24)28)14-19(27)22-10-9-15-7-8-17(31-2)18(12-15)32-3/h7-8,12,16H,5-6,9-11,13-14H2,1-4H3,(H,22,27). The zero-order chi connectivity index (χ0) is 24.2. The molecule has 1 amide bonds. The van der Waals surface area contributed by atoms with Gasteiger partial charge < -0.3 is 14.8 Å². The molecule has 1 fully saturated rings. The molecular formula is C21H31N5O6S. The van der Waals surface area contributed by atoms with Gasteiger partial charge in [-0.2, -0.15) is 5.10 Å². The average molecular weight is 482 g/mol. The van der Waals surface area contributed by atoms with Crippen LogP contribution in [0.4, 0.5) is 0 Å². The van der Waals surface area contributed by atoms with Gasteiger partial charge in [0, 0.05) is 32.6 Å². The summed E-state index contributed by atoms with van der Waals surface area (Å²) in [6.45, 7) is 0.920. The summed E-state index contributed by atoms with van der Waals surface area (Å²) in [5.74, 6) is 1.22. The molecule has 1 unspecified atom stereocenters. The Hall–Kier alpha value is -2.86. The number of amides is 1. The summed E-state index contributed by atoms with van der Waals surface area (Å²) in [6, 6.07) is 5.55. The number of carbonyl (C=O) groups is 1. The first-order valence-electron chi connectivity index (χ1n) is 10.7. The fourth-order valence-corrected chi connectivity index (χ4v) is 4.90. The number of benzene rings is 1. The van der Waals surface area contributed by atoms with Crippen LogP contribution in [0.1, 0.15) is 30.1 Å². The third-order valence-electron chi connectivity index (χ3n) is 5.77. The first kappa shape index (κ1) is 24.8. The van der Waals surface area contributed by atoms with E-state index in [9.17, 15) is 18.0 Å². The lowest BCUT2D eigenvalue weighted by molar-refractivity contribution is -0.121. The fourth-order valence-electron chi connectivity index (χ4n) is 3.99. The summed E-state index contributed by atoms with van der Waals surface area (Å²) in [6.07, 6.45) is 3.18. The Morgan fingerprint density at radius 2 is 1.97 bits per heavy atom. The van der Waals surface area contributed by atoms with E-state index in [-0.39, 0.29) is 24.9 Å². The first-order valence-corrected chi connectivity index (χ1v) is 12.5. The molecule has 33 heavy (non-hydrogen) atoms. The fraction of sp³-hybridized carbons (Fsp3) is 0.571. The van der Waals surface area contributed by atoms with Gasteiger partial charge in [0.1, 0.15) is 12.4 Å². The van der Waals surface area contributed by atoms with E-state index in [1.165, 1.54) is 15.1 Å². The number of methoxy groups -OCH3 is 2. The summed E-state index contributed by atoms with van der Waals surface area (Å²) < 4.78 is 38.2. The smallest absolute Gasteiger partial charge is 0.346 e. The van der Waals surface area contributed by atoms with Crippen molar-refractivity contribution in [3.8, 4) is 11.5 Å². The van der Waals surface area contributed by atoms with E-state index < -0.39 is 15.7 Å². The molecule has 1 aromatic heterocycles. The lowest BCUT2D eigenvalue weighted by Gasteiger charge is -2.30.